The zero-order valence-corrected chi connectivity index (χ0v) is 24.9. The fraction of sp³-hybridized carbons (Fsp3) is 0.519. The quantitative estimate of drug-likeness (QED) is 0.298. The Morgan fingerprint density at radius 3 is 2.66 bits per heavy atom. The molecule has 11 heteroatoms. The molecule has 1 amide bonds. The van der Waals surface area contributed by atoms with Gasteiger partial charge >= 0.3 is 0 Å². The number of ether oxygens (including phenoxy) is 1. The number of nitrogens with one attached hydrogen (secondary N) is 1. The normalized spacial score (nSPS) is 14.3. The Labute approximate surface area is 227 Å². The van der Waals surface area contributed by atoms with Gasteiger partial charge in [-0.15, -0.1) is 0 Å². The average Bonchev–Trinajstić information content (AvgIpc) is 3.29. The Balaban J connectivity index is 1.83. The first-order valence-corrected chi connectivity index (χ1v) is 18.3. The van der Waals surface area contributed by atoms with E-state index >= 15 is 0 Å². The lowest BCUT2D eigenvalue weighted by molar-refractivity contribution is 0.0808. The molecule has 0 atom stereocenters. The number of imidazole rings is 1. The monoisotopic (exact) mass is 557 g/mol. The molecule has 3 rings (SSSR count). The maximum atomic E-state index is 13.4. The van der Waals surface area contributed by atoms with Crippen molar-refractivity contribution in [3.05, 3.63) is 53.1 Å². The maximum absolute atomic E-state index is 13.4. The molecular formula is C27H39N5O4SSi. The van der Waals surface area contributed by atoms with Crippen LogP contribution in [0.3, 0.4) is 0 Å². The highest BCUT2D eigenvalue weighted by Gasteiger charge is 2.21. The van der Waals surface area contributed by atoms with Crippen LogP contribution in [0.1, 0.15) is 53.1 Å². The summed E-state index contributed by atoms with van der Waals surface area (Å²) in [5.74, 6) is -0.309. The highest BCUT2D eigenvalue weighted by Crippen LogP contribution is 2.33. The van der Waals surface area contributed by atoms with E-state index < -0.39 is 24.0 Å². The third kappa shape index (κ3) is 8.36. The standard InChI is InChI=1S/C27H39N5O4SSi/c1-31(2)37(34,35)15-13-21-11-12-25(24(17-21)22-9-7-6-8-10-22)30-27(33)26-29-23(18-28)19-32(26)20-36-14-16-38(3,4)5/h9,11-12,17,19H,6-8,10,13-16,20H2,1-5H3,(H,30,33). The molecule has 0 bridgehead atoms. The van der Waals surface area contributed by atoms with Crippen LogP contribution in [0.2, 0.25) is 25.7 Å². The highest BCUT2D eigenvalue weighted by molar-refractivity contribution is 7.89. The van der Waals surface area contributed by atoms with Gasteiger partial charge in [-0.25, -0.2) is 17.7 Å². The zero-order valence-electron chi connectivity index (χ0n) is 23.1. The predicted molar refractivity (Wildman–Crippen MR) is 153 cm³/mol. The molecule has 1 aromatic carbocycles. The molecule has 1 aromatic heterocycles. The molecule has 2 aromatic rings. The van der Waals surface area contributed by atoms with Crippen molar-refractivity contribution in [3.63, 3.8) is 0 Å². The van der Waals surface area contributed by atoms with E-state index in [4.69, 9.17) is 4.74 Å². The van der Waals surface area contributed by atoms with Crippen LogP contribution in [0.4, 0.5) is 5.69 Å². The van der Waals surface area contributed by atoms with Crippen molar-refractivity contribution < 1.29 is 17.9 Å². The van der Waals surface area contributed by atoms with Gasteiger partial charge in [0.25, 0.3) is 5.91 Å². The number of allylic oxidation sites excluding steroid dienone is 2. The maximum Gasteiger partial charge on any atom is 0.291 e. The number of anilines is 1. The molecule has 0 fully saturated rings. The van der Waals surface area contributed by atoms with Crippen LogP contribution in [0, 0.1) is 11.3 Å². The van der Waals surface area contributed by atoms with E-state index in [1.54, 1.807) is 4.57 Å². The number of nitriles is 1. The van der Waals surface area contributed by atoms with Gasteiger partial charge in [0.05, 0.1) is 5.75 Å². The summed E-state index contributed by atoms with van der Waals surface area (Å²) in [5.41, 5.74) is 3.70. The van der Waals surface area contributed by atoms with Crippen LogP contribution in [0.25, 0.3) is 5.57 Å². The van der Waals surface area contributed by atoms with Crippen molar-refractivity contribution in [3.8, 4) is 6.07 Å². The zero-order chi connectivity index (χ0) is 27.9. The van der Waals surface area contributed by atoms with Crippen molar-refractivity contribution >= 4 is 35.3 Å². The van der Waals surface area contributed by atoms with Gasteiger partial charge in [-0.3, -0.25) is 4.79 Å². The lowest BCUT2D eigenvalue weighted by Crippen LogP contribution is -2.26. The Morgan fingerprint density at radius 1 is 1.26 bits per heavy atom. The topological polar surface area (TPSA) is 117 Å². The Bertz CT molecular complexity index is 1320. The molecule has 1 heterocycles. The third-order valence-corrected chi connectivity index (χ3v) is 10.0. The van der Waals surface area contributed by atoms with Gasteiger partial charge in [-0.2, -0.15) is 5.26 Å². The molecule has 1 aliphatic carbocycles. The minimum absolute atomic E-state index is 0.0102. The molecule has 0 aliphatic heterocycles. The van der Waals surface area contributed by atoms with Crippen LogP contribution < -0.4 is 5.32 Å². The van der Waals surface area contributed by atoms with Gasteiger partial charge in [-0.05, 0) is 61.4 Å². The highest BCUT2D eigenvalue weighted by atomic mass is 32.2. The van der Waals surface area contributed by atoms with Crippen LogP contribution in [0.5, 0.6) is 0 Å². The minimum atomic E-state index is -3.32. The van der Waals surface area contributed by atoms with Crippen molar-refractivity contribution in [2.75, 3.05) is 31.8 Å². The summed E-state index contributed by atoms with van der Waals surface area (Å²) in [6.07, 6.45) is 8.13. The number of aromatic nitrogens is 2. The molecule has 1 aliphatic rings. The molecule has 206 valence electrons. The fourth-order valence-corrected chi connectivity index (χ4v) is 5.72. The van der Waals surface area contributed by atoms with E-state index in [0.717, 1.165) is 48.4 Å². The Morgan fingerprint density at radius 2 is 2.03 bits per heavy atom. The van der Waals surface area contributed by atoms with Crippen molar-refractivity contribution in [2.24, 2.45) is 0 Å². The van der Waals surface area contributed by atoms with E-state index in [2.05, 4.69) is 36.0 Å². The molecule has 9 nitrogen and oxygen atoms in total. The van der Waals surface area contributed by atoms with Gasteiger partial charge in [0, 0.05) is 46.2 Å². The lowest BCUT2D eigenvalue weighted by atomic mass is 9.91. The Kier molecular flexibility index (Phi) is 10.1. The van der Waals surface area contributed by atoms with Crippen LogP contribution in [-0.2, 0) is 27.9 Å². The predicted octanol–water partition coefficient (Wildman–Crippen LogP) is 4.71. The number of carbonyl (C=O) groups excluding carboxylic acids is 1. The number of carbonyl (C=O) groups is 1. The van der Waals surface area contributed by atoms with Crippen LogP contribution in [0.15, 0.2) is 30.5 Å². The van der Waals surface area contributed by atoms with Gasteiger partial charge < -0.3 is 14.6 Å². The summed E-state index contributed by atoms with van der Waals surface area (Å²) < 4.78 is 33.2. The summed E-state index contributed by atoms with van der Waals surface area (Å²) in [4.78, 5) is 17.6. The molecule has 0 unspecified atom stereocenters. The van der Waals surface area contributed by atoms with E-state index in [9.17, 15) is 18.5 Å². The summed E-state index contributed by atoms with van der Waals surface area (Å²) >= 11 is 0. The lowest BCUT2D eigenvalue weighted by Gasteiger charge is -2.19. The van der Waals surface area contributed by atoms with Gasteiger partial charge in [0.2, 0.25) is 15.8 Å². The summed E-state index contributed by atoms with van der Waals surface area (Å²) in [6.45, 7) is 7.53. The summed E-state index contributed by atoms with van der Waals surface area (Å²) in [6, 6.07) is 8.65. The smallest absolute Gasteiger partial charge is 0.291 e. The second-order valence-corrected chi connectivity index (χ2v) is 19.0. The van der Waals surface area contributed by atoms with Crippen LogP contribution in [-0.4, -0.2) is 62.7 Å². The minimum Gasteiger partial charge on any atom is -0.361 e. The molecule has 1 N–H and O–H groups in total. The number of hydrogen-bond acceptors (Lipinski definition) is 6. The van der Waals surface area contributed by atoms with Gasteiger partial charge in [0.15, 0.2) is 5.69 Å². The third-order valence-electron chi connectivity index (χ3n) is 6.50. The summed E-state index contributed by atoms with van der Waals surface area (Å²) in [7, 11) is -1.51. The van der Waals surface area contributed by atoms with Crippen molar-refractivity contribution in [1.29, 1.82) is 5.26 Å². The largest absolute Gasteiger partial charge is 0.361 e. The summed E-state index contributed by atoms with van der Waals surface area (Å²) in [5, 5.41) is 12.4. The number of sulfonamides is 1. The van der Waals surface area contributed by atoms with Crippen molar-refractivity contribution in [1.82, 2.24) is 13.9 Å². The van der Waals surface area contributed by atoms with E-state index in [1.807, 2.05) is 24.3 Å². The molecule has 38 heavy (non-hydrogen) atoms. The second-order valence-electron chi connectivity index (χ2n) is 11.0. The number of nitrogens with zero attached hydrogens (tertiary/aromatic N) is 4. The van der Waals surface area contributed by atoms with Crippen molar-refractivity contribution in [2.45, 2.75) is 64.5 Å². The Hall–Kier alpha value is -2.78. The second kappa shape index (κ2) is 12.8. The molecule has 0 saturated carbocycles. The number of amides is 1. The number of benzene rings is 1. The number of rotatable bonds is 12. The first-order valence-electron chi connectivity index (χ1n) is 13.0. The SMILES string of the molecule is CN(C)S(=O)(=O)CCc1ccc(NC(=O)c2nc(C#N)cn2COCC[Si](C)(C)C)c(C2=CCCCC2)c1. The van der Waals surface area contributed by atoms with Crippen LogP contribution >= 0.6 is 0 Å². The van der Waals surface area contributed by atoms with E-state index in [0.29, 0.717) is 18.7 Å². The van der Waals surface area contributed by atoms with E-state index in [1.165, 1.54) is 24.6 Å². The van der Waals surface area contributed by atoms with Gasteiger partial charge in [0.1, 0.15) is 12.8 Å². The molecular weight excluding hydrogens is 518 g/mol. The molecule has 0 saturated heterocycles. The number of aryl methyl sites for hydroxylation is 1. The first kappa shape index (κ1) is 29.8. The van der Waals surface area contributed by atoms with Gasteiger partial charge in [-0.1, -0.05) is 31.8 Å². The van der Waals surface area contributed by atoms with E-state index in [-0.39, 0.29) is 24.0 Å². The first-order chi connectivity index (χ1) is 17.9. The fourth-order valence-electron chi connectivity index (χ4n) is 4.10. The molecule has 0 spiro atoms. The number of hydrogen-bond donors (Lipinski definition) is 1. The molecule has 0 radical (unpaired) electrons. The average molecular weight is 558 g/mol.